The van der Waals surface area contributed by atoms with E-state index < -0.39 is 0 Å². The van der Waals surface area contributed by atoms with Gasteiger partial charge in [0.25, 0.3) is 0 Å². The number of hydrogen-bond acceptors (Lipinski definition) is 3. The van der Waals surface area contributed by atoms with Crippen LogP contribution in [0.5, 0.6) is 0 Å². The molecule has 2 aliphatic heterocycles. The molecule has 0 saturated carbocycles. The maximum Gasteiger partial charge on any atom is 0.318 e. The third kappa shape index (κ3) is 3.42. The molecule has 3 rings (SSSR count). The van der Waals surface area contributed by atoms with Gasteiger partial charge in [0.15, 0.2) is 0 Å². The van der Waals surface area contributed by atoms with Crippen LogP contribution in [-0.2, 0) is 29.2 Å². The third-order valence-corrected chi connectivity index (χ3v) is 5.20. The van der Waals surface area contributed by atoms with Crippen molar-refractivity contribution in [2.24, 2.45) is 0 Å². The Morgan fingerprint density at radius 3 is 3.00 bits per heavy atom. The number of fused-ring (bicyclic) bond motifs is 1. The van der Waals surface area contributed by atoms with Gasteiger partial charge in [0.1, 0.15) is 0 Å². The number of nitrogens with zero attached hydrogens (tertiary/aromatic N) is 1. The van der Waals surface area contributed by atoms with Gasteiger partial charge in [-0.2, -0.15) is 0 Å². The fraction of sp³-hybridized carbons (Fsp3) is 0.632. The van der Waals surface area contributed by atoms with E-state index >= 15 is 0 Å². The molecule has 0 aliphatic carbocycles. The van der Waals surface area contributed by atoms with E-state index in [1.54, 1.807) is 7.11 Å². The van der Waals surface area contributed by atoms with Gasteiger partial charge >= 0.3 is 6.03 Å². The predicted octanol–water partition coefficient (Wildman–Crippen LogP) is 3.21. The standard InChI is InChI=1S/C19H28N2O3/c1-3-7-19(14-23-2)8-4-9-21(19)18(22)20-11-15-5-6-16-12-24-13-17(16)10-15/h5-6,10H,3-4,7-9,11-14H2,1-2H3,(H,20,22). The summed E-state index contributed by atoms with van der Waals surface area (Å²) in [6, 6.07) is 6.34. The summed E-state index contributed by atoms with van der Waals surface area (Å²) in [5.74, 6) is 0. The van der Waals surface area contributed by atoms with Crippen LogP contribution < -0.4 is 5.32 Å². The first-order chi connectivity index (χ1) is 11.7. The molecule has 0 spiro atoms. The van der Waals surface area contributed by atoms with Crippen molar-refractivity contribution in [2.45, 2.75) is 57.9 Å². The van der Waals surface area contributed by atoms with Crippen LogP contribution in [0.1, 0.15) is 49.3 Å². The lowest BCUT2D eigenvalue weighted by Gasteiger charge is -2.38. The van der Waals surface area contributed by atoms with Gasteiger partial charge in [-0.05, 0) is 36.0 Å². The summed E-state index contributed by atoms with van der Waals surface area (Å²) < 4.78 is 10.9. The van der Waals surface area contributed by atoms with Crippen molar-refractivity contribution in [3.63, 3.8) is 0 Å². The molecule has 5 nitrogen and oxygen atoms in total. The molecule has 0 radical (unpaired) electrons. The Morgan fingerprint density at radius 1 is 1.38 bits per heavy atom. The summed E-state index contributed by atoms with van der Waals surface area (Å²) in [6.07, 6.45) is 4.12. The highest BCUT2D eigenvalue weighted by molar-refractivity contribution is 5.75. The fourth-order valence-electron chi connectivity index (χ4n) is 4.08. The zero-order valence-corrected chi connectivity index (χ0v) is 14.8. The molecule has 24 heavy (non-hydrogen) atoms. The zero-order valence-electron chi connectivity index (χ0n) is 14.8. The van der Waals surface area contributed by atoms with E-state index in [4.69, 9.17) is 9.47 Å². The van der Waals surface area contributed by atoms with E-state index in [1.165, 1.54) is 11.1 Å². The Balaban J connectivity index is 1.63. The number of carbonyl (C=O) groups excluding carboxylic acids is 1. The van der Waals surface area contributed by atoms with Gasteiger partial charge in [-0.1, -0.05) is 31.5 Å². The van der Waals surface area contributed by atoms with Crippen molar-refractivity contribution >= 4 is 6.03 Å². The summed E-state index contributed by atoms with van der Waals surface area (Å²) in [6.45, 7) is 5.52. The third-order valence-electron chi connectivity index (χ3n) is 5.20. The lowest BCUT2D eigenvalue weighted by Crippen LogP contribution is -2.53. The summed E-state index contributed by atoms with van der Waals surface area (Å²) in [5.41, 5.74) is 3.48. The Labute approximate surface area is 144 Å². The first kappa shape index (κ1) is 17.2. The molecular formula is C19H28N2O3. The number of nitrogens with one attached hydrogen (secondary N) is 1. The molecule has 1 N–H and O–H groups in total. The zero-order chi connectivity index (χ0) is 17.0. The van der Waals surface area contributed by atoms with Gasteiger partial charge in [0.05, 0.1) is 25.4 Å². The maximum absolute atomic E-state index is 12.8. The topological polar surface area (TPSA) is 50.8 Å². The van der Waals surface area contributed by atoms with Crippen LogP contribution in [0.25, 0.3) is 0 Å². The van der Waals surface area contributed by atoms with Crippen molar-refractivity contribution in [3.05, 3.63) is 34.9 Å². The molecule has 1 aromatic rings. The van der Waals surface area contributed by atoms with Gasteiger partial charge in [-0.25, -0.2) is 4.79 Å². The number of hydrogen-bond donors (Lipinski definition) is 1. The number of rotatable bonds is 6. The molecule has 1 atom stereocenters. The number of likely N-dealkylation sites (tertiary alicyclic amines) is 1. The summed E-state index contributed by atoms with van der Waals surface area (Å²) in [7, 11) is 1.72. The van der Waals surface area contributed by atoms with Crippen LogP contribution >= 0.6 is 0 Å². The minimum Gasteiger partial charge on any atom is -0.382 e. The SMILES string of the molecule is CCCC1(COC)CCCN1C(=O)NCc1ccc2c(c1)COC2. The number of benzene rings is 1. The highest BCUT2D eigenvalue weighted by Gasteiger charge is 2.42. The van der Waals surface area contributed by atoms with Crippen LogP contribution in [0, 0.1) is 0 Å². The first-order valence-electron chi connectivity index (χ1n) is 8.91. The van der Waals surface area contributed by atoms with Crippen LogP contribution in [-0.4, -0.2) is 36.7 Å². The second kappa shape index (κ2) is 7.53. The lowest BCUT2D eigenvalue weighted by molar-refractivity contribution is 0.0501. The summed E-state index contributed by atoms with van der Waals surface area (Å²) >= 11 is 0. The highest BCUT2D eigenvalue weighted by atomic mass is 16.5. The van der Waals surface area contributed by atoms with Crippen LogP contribution in [0.15, 0.2) is 18.2 Å². The molecule has 1 fully saturated rings. The van der Waals surface area contributed by atoms with Gasteiger partial charge in [-0.3, -0.25) is 0 Å². The van der Waals surface area contributed by atoms with Crippen molar-refractivity contribution in [3.8, 4) is 0 Å². The smallest absolute Gasteiger partial charge is 0.318 e. The summed E-state index contributed by atoms with van der Waals surface area (Å²) in [5, 5.41) is 3.09. The average molecular weight is 332 g/mol. The van der Waals surface area contributed by atoms with Gasteiger partial charge in [0.2, 0.25) is 0 Å². The molecule has 2 amide bonds. The molecular weight excluding hydrogens is 304 g/mol. The lowest BCUT2D eigenvalue weighted by atomic mass is 9.91. The van der Waals surface area contributed by atoms with Crippen LogP contribution in [0.3, 0.4) is 0 Å². The number of ether oxygens (including phenoxy) is 2. The van der Waals surface area contributed by atoms with Crippen molar-refractivity contribution in [1.82, 2.24) is 10.2 Å². The average Bonchev–Trinajstić information content (AvgIpc) is 3.20. The second-order valence-corrected chi connectivity index (χ2v) is 6.92. The fourth-order valence-corrected chi connectivity index (χ4v) is 4.08. The number of carbonyl (C=O) groups is 1. The molecule has 1 aromatic carbocycles. The maximum atomic E-state index is 12.8. The van der Waals surface area contributed by atoms with E-state index in [-0.39, 0.29) is 11.6 Å². The second-order valence-electron chi connectivity index (χ2n) is 6.92. The van der Waals surface area contributed by atoms with Crippen molar-refractivity contribution < 1.29 is 14.3 Å². The first-order valence-corrected chi connectivity index (χ1v) is 8.91. The molecule has 1 saturated heterocycles. The highest BCUT2D eigenvalue weighted by Crippen LogP contribution is 2.34. The van der Waals surface area contributed by atoms with Gasteiger partial charge in [-0.15, -0.1) is 0 Å². The Bertz CT molecular complexity index is 582. The Hall–Kier alpha value is -1.59. The van der Waals surface area contributed by atoms with Gasteiger partial charge in [0, 0.05) is 20.2 Å². The quantitative estimate of drug-likeness (QED) is 0.870. The predicted molar refractivity (Wildman–Crippen MR) is 92.6 cm³/mol. The minimum absolute atomic E-state index is 0.0229. The molecule has 5 heteroatoms. The Morgan fingerprint density at radius 2 is 2.21 bits per heavy atom. The van der Waals surface area contributed by atoms with E-state index in [1.807, 2.05) is 4.90 Å². The molecule has 0 aromatic heterocycles. The largest absolute Gasteiger partial charge is 0.382 e. The van der Waals surface area contributed by atoms with Crippen LogP contribution in [0.4, 0.5) is 4.79 Å². The molecule has 0 bridgehead atoms. The number of methoxy groups -OCH3 is 1. The monoisotopic (exact) mass is 332 g/mol. The minimum atomic E-state index is -0.140. The summed E-state index contributed by atoms with van der Waals surface area (Å²) in [4.78, 5) is 14.7. The van der Waals surface area contributed by atoms with E-state index in [9.17, 15) is 4.79 Å². The van der Waals surface area contributed by atoms with E-state index in [2.05, 4.69) is 30.4 Å². The van der Waals surface area contributed by atoms with E-state index in [0.717, 1.165) is 37.8 Å². The molecule has 2 aliphatic rings. The molecule has 1 unspecified atom stereocenters. The van der Waals surface area contributed by atoms with Crippen molar-refractivity contribution in [2.75, 3.05) is 20.3 Å². The molecule has 2 heterocycles. The van der Waals surface area contributed by atoms with E-state index in [0.29, 0.717) is 26.4 Å². The van der Waals surface area contributed by atoms with Crippen molar-refractivity contribution in [1.29, 1.82) is 0 Å². The normalized spacial score (nSPS) is 22.7. The number of urea groups is 1. The number of amides is 2. The Kier molecular flexibility index (Phi) is 5.41. The van der Waals surface area contributed by atoms with Crippen LogP contribution in [0.2, 0.25) is 0 Å². The van der Waals surface area contributed by atoms with Gasteiger partial charge < -0.3 is 19.7 Å². The molecule has 132 valence electrons.